The lowest BCUT2D eigenvalue weighted by Crippen LogP contribution is -2.50. The minimum atomic E-state index is -0.187. The third-order valence-corrected chi connectivity index (χ3v) is 4.83. The van der Waals surface area contributed by atoms with Gasteiger partial charge in [0.2, 0.25) is 11.9 Å². The molecular weight excluding hydrogens is 344 g/mol. The molecule has 3 aromatic rings. The van der Waals surface area contributed by atoms with Crippen molar-refractivity contribution < 1.29 is 4.79 Å². The first-order chi connectivity index (χ1) is 13.1. The Morgan fingerprint density at radius 2 is 1.78 bits per heavy atom. The van der Waals surface area contributed by atoms with Crippen LogP contribution in [0.25, 0.3) is 10.9 Å². The minimum Gasteiger partial charge on any atom is -0.338 e. The molecule has 1 saturated heterocycles. The molecule has 0 unspecified atom stereocenters. The number of benzene rings is 1. The Labute approximate surface area is 156 Å². The molecule has 0 spiro atoms. The molecule has 27 heavy (non-hydrogen) atoms. The molecular formula is C19H20N6O2. The molecule has 1 aromatic carbocycles. The Kier molecular flexibility index (Phi) is 4.53. The third kappa shape index (κ3) is 3.38. The highest BCUT2D eigenvalue weighted by Gasteiger charge is 2.23. The van der Waals surface area contributed by atoms with Gasteiger partial charge in [-0.3, -0.25) is 14.2 Å². The molecule has 8 nitrogen and oxygen atoms in total. The highest BCUT2D eigenvalue weighted by molar-refractivity contribution is 5.81. The molecule has 138 valence electrons. The number of anilines is 1. The van der Waals surface area contributed by atoms with Gasteiger partial charge in [0.05, 0.1) is 17.2 Å². The normalized spacial score (nSPS) is 14.6. The van der Waals surface area contributed by atoms with Gasteiger partial charge in [-0.15, -0.1) is 0 Å². The molecule has 8 heteroatoms. The average molecular weight is 364 g/mol. The van der Waals surface area contributed by atoms with Gasteiger partial charge in [0, 0.05) is 38.6 Å². The summed E-state index contributed by atoms with van der Waals surface area (Å²) in [5.41, 5.74) is 1.44. The zero-order valence-corrected chi connectivity index (χ0v) is 15.1. The van der Waals surface area contributed by atoms with E-state index in [4.69, 9.17) is 0 Å². The molecule has 0 radical (unpaired) electrons. The molecule has 0 atom stereocenters. The zero-order valence-electron chi connectivity index (χ0n) is 15.1. The first-order valence-electron chi connectivity index (χ1n) is 8.88. The molecule has 1 fully saturated rings. The number of piperazine rings is 1. The van der Waals surface area contributed by atoms with E-state index in [9.17, 15) is 9.59 Å². The highest BCUT2D eigenvalue weighted by Crippen LogP contribution is 2.12. The smallest absolute Gasteiger partial charge is 0.261 e. The lowest BCUT2D eigenvalue weighted by atomic mass is 10.1. The van der Waals surface area contributed by atoms with Gasteiger partial charge in [-0.2, -0.15) is 0 Å². The Morgan fingerprint density at radius 1 is 1.04 bits per heavy atom. The number of para-hydroxylation sites is 1. The molecule has 0 saturated carbocycles. The van der Waals surface area contributed by atoms with E-state index >= 15 is 0 Å². The summed E-state index contributed by atoms with van der Waals surface area (Å²) in [6, 6.07) is 7.27. The van der Waals surface area contributed by atoms with Gasteiger partial charge in [0.15, 0.2) is 0 Å². The third-order valence-electron chi connectivity index (χ3n) is 4.83. The Bertz CT molecular complexity index is 1030. The predicted octanol–water partition coefficient (Wildman–Crippen LogP) is 0.844. The van der Waals surface area contributed by atoms with E-state index < -0.39 is 0 Å². The van der Waals surface area contributed by atoms with E-state index in [1.54, 1.807) is 29.4 Å². The van der Waals surface area contributed by atoms with Crippen molar-refractivity contribution in [2.75, 3.05) is 31.1 Å². The number of aromatic nitrogens is 4. The Morgan fingerprint density at radius 3 is 2.52 bits per heavy atom. The molecule has 0 N–H and O–H groups in total. The first kappa shape index (κ1) is 17.1. The van der Waals surface area contributed by atoms with Crippen molar-refractivity contribution in [3.8, 4) is 0 Å². The average Bonchev–Trinajstić information content (AvgIpc) is 2.71. The monoisotopic (exact) mass is 364 g/mol. The van der Waals surface area contributed by atoms with Gasteiger partial charge in [-0.25, -0.2) is 15.0 Å². The van der Waals surface area contributed by atoms with Crippen molar-refractivity contribution >= 4 is 22.8 Å². The maximum Gasteiger partial charge on any atom is 0.261 e. The van der Waals surface area contributed by atoms with Crippen LogP contribution in [0.15, 0.2) is 47.8 Å². The van der Waals surface area contributed by atoms with Gasteiger partial charge in [0.25, 0.3) is 5.56 Å². The van der Waals surface area contributed by atoms with E-state index in [0.717, 1.165) is 5.56 Å². The van der Waals surface area contributed by atoms with Crippen molar-refractivity contribution in [1.82, 2.24) is 24.4 Å². The van der Waals surface area contributed by atoms with Gasteiger partial charge in [0.1, 0.15) is 6.54 Å². The summed E-state index contributed by atoms with van der Waals surface area (Å²) in [4.78, 5) is 42.0. The molecule has 1 aliphatic heterocycles. The zero-order chi connectivity index (χ0) is 18.8. The number of nitrogens with zero attached hydrogens (tertiary/aromatic N) is 6. The molecule has 3 heterocycles. The van der Waals surface area contributed by atoms with E-state index in [1.165, 1.54) is 10.9 Å². The van der Waals surface area contributed by atoms with Crippen molar-refractivity contribution in [2.24, 2.45) is 0 Å². The first-order valence-corrected chi connectivity index (χ1v) is 8.88. The summed E-state index contributed by atoms with van der Waals surface area (Å²) in [5, 5.41) is 0.538. The van der Waals surface area contributed by atoms with Gasteiger partial charge < -0.3 is 9.80 Å². The number of carbonyl (C=O) groups is 1. The van der Waals surface area contributed by atoms with E-state index in [-0.39, 0.29) is 18.0 Å². The van der Waals surface area contributed by atoms with Gasteiger partial charge in [-0.05, 0) is 24.6 Å². The van der Waals surface area contributed by atoms with Crippen LogP contribution in [0.1, 0.15) is 5.56 Å². The second kappa shape index (κ2) is 7.14. The molecule has 4 rings (SSSR count). The largest absolute Gasteiger partial charge is 0.338 e. The van der Waals surface area contributed by atoms with Crippen LogP contribution in [0.5, 0.6) is 0 Å². The summed E-state index contributed by atoms with van der Waals surface area (Å²) in [7, 11) is 0. The van der Waals surface area contributed by atoms with Crippen LogP contribution < -0.4 is 10.5 Å². The lowest BCUT2D eigenvalue weighted by molar-refractivity contribution is -0.132. The van der Waals surface area contributed by atoms with Crippen LogP contribution >= 0.6 is 0 Å². The van der Waals surface area contributed by atoms with Gasteiger partial charge in [-0.1, -0.05) is 12.1 Å². The standard InChI is InChI=1S/C19H20N6O2/c1-14-4-2-5-15-17(14)22-13-25(18(15)27)12-16(26)23-8-10-24(11-9-23)19-20-6-3-7-21-19/h2-7,13H,8-12H2,1H3. The number of amides is 1. The number of hydrogen-bond donors (Lipinski definition) is 0. The molecule has 1 aliphatic rings. The van der Waals surface area contributed by atoms with E-state index in [2.05, 4.69) is 19.9 Å². The predicted molar refractivity (Wildman–Crippen MR) is 102 cm³/mol. The molecule has 2 aromatic heterocycles. The van der Waals surface area contributed by atoms with E-state index in [0.29, 0.717) is 43.0 Å². The quantitative estimate of drug-likeness (QED) is 0.685. The van der Waals surface area contributed by atoms with Crippen LogP contribution in [-0.2, 0) is 11.3 Å². The highest BCUT2D eigenvalue weighted by atomic mass is 16.2. The number of aryl methyl sites for hydroxylation is 1. The van der Waals surface area contributed by atoms with Crippen molar-refractivity contribution in [2.45, 2.75) is 13.5 Å². The number of hydrogen-bond acceptors (Lipinski definition) is 6. The molecule has 1 amide bonds. The number of carbonyl (C=O) groups excluding carboxylic acids is 1. The minimum absolute atomic E-state index is 0.00243. The second-order valence-electron chi connectivity index (χ2n) is 6.57. The molecule has 0 bridgehead atoms. The summed E-state index contributed by atoms with van der Waals surface area (Å²) in [6.45, 7) is 4.40. The van der Waals surface area contributed by atoms with Crippen LogP contribution in [0.3, 0.4) is 0 Å². The fourth-order valence-electron chi connectivity index (χ4n) is 3.31. The van der Waals surface area contributed by atoms with Crippen molar-refractivity contribution in [3.63, 3.8) is 0 Å². The SMILES string of the molecule is Cc1cccc2c(=O)n(CC(=O)N3CCN(c4ncccn4)CC3)cnc12. The second-order valence-corrected chi connectivity index (χ2v) is 6.57. The summed E-state index contributed by atoms with van der Waals surface area (Å²) < 4.78 is 1.39. The Hall–Kier alpha value is -3.29. The summed E-state index contributed by atoms with van der Waals surface area (Å²) in [6.07, 6.45) is 4.88. The fraction of sp³-hybridized carbons (Fsp3) is 0.316. The summed E-state index contributed by atoms with van der Waals surface area (Å²) >= 11 is 0. The van der Waals surface area contributed by atoms with Crippen LogP contribution in [0.4, 0.5) is 5.95 Å². The number of rotatable bonds is 3. The fourth-order valence-corrected chi connectivity index (χ4v) is 3.31. The maximum absolute atomic E-state index is 12.7. The number of fused-ring (bicyclic) bond motifs is 1. The summed E-state index contributed by atoms with van der Waals surface area (Å²) in [5.74, 6) is 0.592. The lowest BCUT2D eigenvalue weighted by Gasteiger charge is -2.34. The molecule has 0 aliphatic carbocycles. The topological polar surface area (TPSA) is 84.2 Å². The Balaban J connectivity index is 1.45. The van der Waals surface area contributed by atoms with Crippen LogP contribution in [-0.4, -0.2) is 56.5 Å². The van der Waals surface area contributed by atoms with Crippen LogP contribution in [0.2, 0.25) is 0 Å². The van der Waals surface area contributed by atoms with Crippen molar-refractivity contribution in [1.29, 1.82) is 0 Å². The van der Waals surface area contributed by atoms with Gasteiger partial charge >= 0.3 is 0 Å². The van der Waals surface area contributed by atoms with E-state index in [1.807, 2.05) is 19.1 Å². The maximum atomic E-state index is 12.7. The van der Waals surface area contributed by atoms with Crippen LogP contribution in [0, 0.1) is 6.92 Å². The van der Waals surface area contributed by atoms with Crippen molar-refractivity contribution in [3.05, 3.63) is 58.9 Å².